The Morgan fingerprint density at radius 3 is 2.62 bits per heavy atom. The molecular formula is C13H21NO2. The molecule has 0 heterocycles. The van der Waals surface area contributed by atoms with Crippen molar-refractivity contribution in [3.63, 3.8) is 0 Å². The zero-order valence-electron chi connectivity index (χ0n) is 10.3. The Hall–Kier alpha value is -1.22. The van der Waals surface area contributed by atoms with Gasteiger partial charge in [0.25, 0.3) is 0 Å². The fourth-order valence-corrected chi connectivity index (χ4v) is 1.54. The molecule has 3 heteroatoms. The van der Waals surface area contributed by atoms with Crippen LogP contribution in [0.3, 0.4) is 0 Å². The maximum atomic E-state index is 5.73. The molecular weight excluding hydrogens is 202 g/mol. The number of nitrogens with two attached hydrogens (primary N) is 1. The van der Waals surface area contributed by atoms with Crippen LogP contribution in [0, 0.1) is 0 Å². The highest BCUT2D eigenvalue weighted by Gasteiger charge is 2.05. The van der Waals surface area contributed by atoms with Crippen molar-refractivity contribution < 1.29 is 9.47 Å². The topological polar surface area (TPSA) is 44.5 Å². The second-order valence-corrected chi connectivity index (χ2v) is 3.93. The van der Waals surface area contributed by atoms with Crippen molar-refractivity contribution in [3.05, 3.63) is 23.8 Å². The Bertz CT molecular complexity index is 324. The molecule has 0 aliphatic heterocycles. The minimum absolute atomic E-state index is 0.234. The van der Waals surface area contributed by atoms with Gasteiger partial charge in [0, 0.05) is 6.04 Å². The number of rotatable bonds is 6. The van der Waals surface area contributed by atoms with E-state index >= 15 is 0 Å². The summed E-state index contributed by atoms with van der Waals surface area (Å²) in [6.45, 7) is 4.63. The molecule has 3 nitrogen and oxygen atoms in total. The fraction of sp³-hybridized carbons (Fsp3) is 0.538. The van der Waals surface area contributed by atoms with Gasteiger partial charge in [-0.05, 0) is 44.4 Å². The molecule has 0 fully saturated rings. The van der Waals surface area contributed by atoms with Gasteiger partial charge in [0.1, 0.15) is 0 Å². The van der Waals surface area contributed by atoms with E-state index in [0.717, 1.165) is 24.3 Å². The Morgan fingerprint density at radius 1 is 1.31 bits per heavy atom. The van der Waals surface area contributed by atoms with E-state index in [-0.39, 0.29) is 6.04 Å². The summed E-state index contributed by atoms with van der Waals surface area (Å²) in [5.41, 5.74) is 6.97. The van der Waals surface area contributed by atoms with Crippen molar-refractivity contribution in [1.82, 2.24) is 0 Å². The van der Waals surface area contributed by atoms with Crippen LogP contribution in [0.5, 0.6) is 11.5 Å². The molecule has 0 saturated carbocycles. The van der Waals surface area contributed by atoms with Gasteiger partial charge in [-0.2, -0.15) is 0 Å². The van der Waals surface area contributed by atoms with Gasteiger partial charge in [-0.1, -0.05) is 6.07 Å². The lowest BCUT2D eigenvalue weighted by atomic mass is 10.1. The molecule has 0 aromatic heterocycles. The van der Waals surface area contributed by atoms with Crippen molar-refractivity contribution in [2.24, 2.45) is 5.73 Å². The highest BCUT2D eigenvalue weighted by Crippen LogP contribution is 2.28. The molecule has 0 saturated heterocycles. The van der Waals surface area contributed by atoms with Crippen LogP contribution in [0.2, 0.25) is 0 Å². The monoisotopic (exact) mass is 223 g/mol. The smallest absolute Gasteiger partial charge is 0.161 e. The number of aryl methyl sites for hydroxylation is 1. The third-order valence-electron chi connectivity index (χ3n) is 2.42. The SMILES string of the molecule is CCOc1ccc(CC[C@H](C)N)cc1OC. The first kappa shape index (κ1) is 12.8. The van der Waals surface area contributed by atoms with Crippen LogP contribution < -0.4 is 15.2 Å². The molecule has 90 valence electrons. The summed E-state index contributed by atoms with van der Waals surface area (Å²) in [6.07, 6.45) is 1.96. The van der Waals surface area contributed by atoms with E-state index in [9.17, 15) is 0 Å². The molecule has 2 N–H and O–H groups in total. The first-order valence-corrected chi connectivity index (χ1v) is 5.72. The Balaban J connectivity index is 2.74. The first-order valence-electron chi connectivity index (χ1n) is 5.72. The van der Waals surface area contributed by atoms with Crippen molar-refractivity contribution >= 4 is 0 Å². The van der Waals surface area contributed by atoms with Crippen LogP contribution in [0.4, 0.5) is 0 Å². The molecule has 0 aliphatic carbocycles. The van der Waals surface area contributed by atoms with Gasteiger partial charge in [0.2, 0.25) is 0 Å². The molecule has 0 radical (unpaired) electrons. The second kappa shape index (κ2) is 6.38. The minimum Gasteiger partial charge on any atom is -0.493 e. The van der Waals surface area contributed by atoms with Crippen molar-refractivity contribution in [3.8, 4) is 11.5 Å². The molecule has 0 amide bonds. The minimum atomic E-state index is 0.234. The maximum absolute atomic E-state index is 5.73. The normalized spacial score (nSPS) is 12.2. The molecule has 16 heavy (non-hydrogen) atoms. The van der Waals surface area contributed by atoms with Crippen LogP contribution in [0.15, 0.2) is 18.2 Å². The summed E-state index contributed by atoms with van der Waals surface area (Å²) in [5.74, 6) is 1.60. The number of benzene rings is 1. The second-order valence-electron chi connectivity index (χ2n) is 3.93. The average Bonchev–Trinajstić information content (AvgIpc) is 2.28. The van der Waals surface area contributed by atoms with Crippen LogP contribution in [-0.4, -0.2) is 19.8 Å². The van der Waals surface area contributed by atoms with Crippen LogP contribution >= 0.6 is 0 Å². The summed E-state index contributed by atoms with van der Waals surface area (Å²) < 4.78 is 10.7. The van der Waals surface area contributed by atoms with E-state index < -0.39 is 0 Å². The quantitative estimate of drug-likeness (QED) is 0.805. The predicted octanol–water partition coefficient (Wildman–Crippen LogP) is 2.37. The van der Waals surface area contributed by atoms with Crippen molar-refractivity contribution in [2.75, 3.05) is 13.7 Å². The molecule has 1 atom stereocenters. The molecule has 1 aromatic carbocycles. The number of hydrogen-bond donors (Lipinski definition) is 1. The lowest BCUT2D eigenvalue weighted by molar-refractivity contribution is 0.310. The van der Waals surface area contributed by atoms with Crippen molar-refractivity contribution in [2.45, 2.75) is 32.7 Å². The summed E-state index contributed by atoms with van der Waals surface area (Å²) in [4.78, 5) is 0. The lowest BCUT2D eigenvalue weighted by Gasteiger charge is -2.11. The lowest BCUT2D eigenvalue weighted by Crippen LogP contribution is -2.15. The molecule has 1 rings (SSSR count). The first-order chi connectivity index (χ1) is 7.67. The van der Waals surface area contributed by atoms with Gasteiger partial charge >= 0.3 is 0 Å². The van der Waals surface area contributed by atoms with Crippen LogP contribution in [0.25, 0.3) is 0 Å². The van der Waals surface area contributed by atoms with Gasteiger partial charge in [0.15, 0.2) is 11.5 Å². The largest absolute Gasteiger partial charge is 0.493 e. The summed E-state index contributed by atoms with van der Waals surface area (Å²) in [5, 5.41) is 0. The van der Waals surface area contributed by atoms with E-state index in [2.05, 4.69) is 6.07 Å². The Morgan fingerprint density at radius 2 is 2.06 bits per heavy atom. The standard InChI is InChI=1S/C13H21NO2/c1-4-16-12-8-7-11(6-5-10(2)14)9-13(12)15-3/h7-10H,4-6,14H2,1-3H3/t10-/m0/s1. The number of methoxy groups -OCH3 is 1. The third-order valence-corrected chi connectivity index (χ3v) is 2.42. The van der Waals surface area contributed by atoms with Gasteiger partial charge in [-0.15, -0.1) is 0 Å². The van der Waals surface area contributed by atoms with E-state index in [1.807, 2.05) is 26.0 Å². The zero-order valence-corrected chi connectivity index (χ0v) is 10.3. The molecule has 0 aliphatic rings. The van der Waals surface area contributed by atoms with E-state index in [0.29, 0.717) is 6.61 Å². The zero-order chi connectivity index (χ0) is 12.0. The number of ether oxygens (including phenoxy) is 2. The summed E-state index contributed by atoms with van der Waals surface area (Å²) in [6, 6.07) is 6.28. The number of hydrogen-bond acceptors (Lipinski definition) is 3. The van der Waals surface area contributed by atoms with Crippen LogP contribution in [0.1, 0.15) is 25.8 Å². The fourth-order valence-electron chi connectivity index (χ4n) is 1.54. The van der Waals surface area contributed by atoms with Gasteiger partial charge < -0.3 is 15.2 Å². The van der Waals surface area contributed by atoms with E-state index in [1.54, 1.807) is 7.11 Å². The molecule has 1 aromatic rings. The summed E-state index contributed by atoms with van der Waals surface area (Å²) >= 11 is 0. The van der Waals surface area contributed by atoms with Gasteiger partial charge in [-0.25, -0.2) is 0 Å². The van der Waals surface area contributed by atoms with Crippen LogP contribution in [-0.2, 0) is 6.42 Å². The van der Waals surface area contributed by atoms with Crippen molar-refractivity contribution in [1.29, 1.82) is 0 Å². The highest BCUT2D eigenvalue weighted by atomic mass is 16.5. The molecule has 0 bridgehead atoms. The van der Waals surface area contributed by atoms with E-state index in [1.165, 1.54) is 5.56 Å². The molecule has 0 spiro atoms. The van der Waals surface area contributed by atoms with Gasteiger partial charge in [-0.3, -0.25) is 0 Å². The predicted molar refractivity (Wildman–Crippen MR) is 66.1 cm³/mol. The maximum Gasteiger partial charge on any atom is 0.161 e. The van der Waals surface area contributed by atoms with E-state index in [4.69, 9.17) is 15.2 Å². The Labute approximate surface area is 97.6 Å². The highest BCUT2D eigenvalue weighted by molar-refractivity contribution is 5.43. The Kier molecular flexibility index (Phi) is 5.12. The third kappa shape index (κ3) is 3.74. The summed E-state index contributed by atoms with van der Waals surface area (Å²) in [7, 11) is 1.66. The molecule has 0 unspecified atom stereocenters. The van der Waals surface area contributed by atoms with Gasteiger partial charge in [0.05, 0.1) is 13.7 Å². The average molecular weight is 223 g/mol.